The molecule has 57 heavy (non-hydrogen) atoms. The van der Waals surface area contributed by atoms with E-state index in [9.17, 15) is 0 Å². The van der Waals surface area contributed by atoms with Gasteiger partial charge in [0, 0.05) is 39.0 Å². The van der Waals surface area contributed by atoms with Gasteiger partial charge in [0.25, 0.3) is 0 Å². The van der Waals surface area contributed by atoms with Crippen LogP contribution < -0.4 is 20.6 Å². The van der Waals surface area contributed by atoms with Gasteiger partial charge in [0.2, 0.25) is 0 Å². The zero-order valence-corrected chi connectivity index (χ0v) is 33.1. The van der Waals surface area contributed by atoms with Gasteiger partial charge in [0.05, 0.1) is 11.1 Å². The molecule has 2 nitrogen and oxygen atoms in total. The minimum absolute atomic E-state index is 0.0253. The molecule has 0 radical (unpaired) electrons. The Bertz CT molecular complexity index is 2980. The molecule has 272 valence electrons. The summed E-state index contributed by atoms with van der Waals surface area (Å²) < 4.78 is 0. The van der Waals surface area contributed by atoms with Crippen molar-refractivity contribution in [3.63, 3.8) is 0 Å². The highest BCUT2D eigenvalue weighted by molar-refractivity contribution is 6.93. The molecule has 14 rings (SSSR count). The fourth-order valence-corrected chi connectivity index (χ4v) is 14.1. The van der Waals surface area contributed by atoms with Crippen LogP contribution in [0.1, 0.15) is 92.3 Å². The predicted octanol–water partition coefficient (Wildman–Crippen LogP) is 11.6. The van der Waals surface area contributed by atoms with E-state index in [1.165, 1.54) is 126 Å². The quantitative estimate of drug-likeness (QED) is 0.143. The maximum atomic E-state index is 3.00. The summed E-state index contributed by atoms with van der Waals surface area (Å²) in [5, 5.41) is 0. The van der Waals surface area contributed by atoms with E-state index in [-0.39, 0.29) is 23.2 Å². The van der Waals surface area contributed by atoms with E-state index in [1.54, 1.807) is 5.56 Å². The molecular weight excluding hydrogens is 687 g/mol. The number of hydrogen-bond acceptors (Lipinski definition) is 2. The molecule has 0 saturated heterocycles. The van der Waals surface area contributed by atoms with Crippen LogP contribution in [0.5, 0.6) is 0 Å². The third kappa shape index (κ3) is 3.16. The van der Waals surface area contributed by atoms with E-state index in [0.29, 0.717) is 0 Å². The fourth-order valence-electron chi connectivity index (χ4n) is 14.1. The minimum Gasteiger partial charge on any atom is -0.400 e. The molecule has 3 aliphatic carbocycles. The Morgan fingerprint density at radius 3 is 1.81 bits per heavy atom. The normalized spacial score (nSPS) is 23.1. The van der Waals surface area contributed by atoms with Gasteiger partial charge < -0.3 is 9.71 Å². The lowest BCUT2D eigenvalue weighted by molar-refractivity contribution is 0.199. The van der Waals surface area contributed by atoms with Crippen LogP contribution >= 0.6 is 0 Å². The second-order valence-corrected chi connectivity index (χ2v) is 19.0. The van der Waals surface area contributed by atoms with Crippen molar-refractivity contribution in [3.8, 4) is 33.4 Å². The summed E-state index contributed by atoms with van der Waals surface area (Å²) in [6, 6.07) is 54.6. The molecule has 2 unspecified atom stereocenters. The Labute approximate surface area is 335 Å². The van der Waals surface area contributed by atoms with E-state index in [4.69, 9.17) is 0 Å². The predicted molar refractivity (Wildman–Crippen MR) is 237 cm³/mol. The molecule has 1 spiro atoms. The Morgan fingerprint density at radius 2 is 1.05 bits per heavy atom. The van der Waals surface area contributed by atoms with Gasteiger partial charge in [-0.25, -0.2) is 0 Å². The van der Waals surface area contributed by atoms with E-state index in [0.717, 1.165) is 0 Å². The van der Waals surface area contributed by atoms with Crippen molar-refractivity contribution < 1.29 is 0 Å². The van der Waals surface area contributed by atoms with Crippen molar-refractivity contribution in [1.82, 2.24) is 0 Å². The lowest BCUT2D eigenvalue weighted by Gasteiger charge is -2.57. The highest BCUT2D eigenvalue weighted by atomic mass is 15.2. The van der Waals surface area contributed by atoms with Crippen LogP contribution in [0, 0.1) is 0 Å². The molecule has 0 N–H and O–H groups in total. The Morgan fingerprint density at radius 1 is 0.474 bits per heavy atom. The lowest BCUT2D eigenvalue weighted by Crippen LogP contribution is -2.71. The van der Waals surface area contributed by atoms with Crippen LogP contribution in [0.2, 0.25) is 0 Å². The van der Waals surface area contributed by atoms with E-state index >= 15 is 0 Å². The molecule has 7 aromatic rings. The van der Waals surface area contributed by atoms with Gasteiger partial charge in [-0.3, -0.25) is 0 Å². The average Bonchev–Trinajstić information content (AvgIpc) is 3.75. The van der Waals surface area contributed by atoms with Crippen molar-refractivity contribution >= 4 is 40.5 Å². The molecule has 0 bridgehead atoms. The first-order chi connectivity index (χ1) is 27.8. The Hall–Kier alpha value is -5.80. The average molecular weight is 731 g/mol. The number of hydrogen-bond donors (Lipinski definition) is 0. The third-order valence-electron chi connectivity index (χ3n) is 16.6. The van der Waals surface area contributed by atoms with Crippen molar-refractivity contribution in [3.05, 3.63) is 178 Å². The van der Waals surface area contributed by atoms with E-state index in [1.807, 2.05) is 0 Å². The highest BCUT2D eigenvalue weighted by Crippen LogP contribution is 2.68. The monoisotopic (exact) mass is 730 g/mol. The number of anilines is 4. The maximum absolute atomic E-state index is 3.00. The molecule has 4 heterocycles. The number of nitrogens with zero attached hydrogens (tertiary/aromatic N) is 2. The zero-order chi connectivity index (χ0) is 37.8. The maximum Gasteiger partial charge on any atom is 0.328 e. The lowest BCUT2D eigenvalue weighted by atomic mass is 9.41. The highest BCUT2D eigenvalue weighted by Gasteiger charge is 2.65. The summed E-state index contributed by atoms with van der Waals surface area (Å²) >= 11 is 0. The van der Waals surface area contributed by atoms with E-state index < -0.39 is 5.41 Å². The van der Waals surface area contributed by atoms with E-state index in [2.05, 4.69) is 177 Å². The van der Waals surface area contributed by atoms with Crippen molar-refractivity contribution in [2.75, 3.05) is 9.71 Å². The second kappa shape index (κ2) is 9.83. The van der Waals surface area contributed by atoms with Gasteiger partial charge in [0.15, 0.2) is 0 Å². The summed E-state index contributed by atoms with van der Waals surface area (Å²) in [7, 11) is 0. The van der Waals surface area contributed by atoms with Crippen LogP contribution in [0.15, 0.2) is 140 Å². The fraction of sp³-hybridized carbons (Fsp3) is 0.222. The SMILES string of the molecule is CC1(C)c2ccccc2-c2cc3c4c(c21)N1c2ccccc2C2(c5ccccc5-c5ccccc52)c2cccc(c21)B4N1c2c-3cccc2C2(C)CCCCC12C. The van der Waals surface area contributed by atoms with Crippen LogP contribution in [-0.2, 0) is 16.2 Å². The second-order valence-electron chi connectivity index (χ2n) is 19.0. The molecule has 7 aliphatic rings. The summed E-state index contributed by atoms with van der Waals surface area (Å²) in [4.78, 5) is 5.78. The van der Waals surface area contributed by atoms with Crippen LogP contribution in [0.3, 0.4) is 0 Å². The van der Waals surface area contributed by atoms with Gasteiger partial charge in [0.1, 0.15) is 0 Å². The molecule has 2 atom stereocenters. The molecule has 0 amide bonds. The minimum atomic E-state index is -0.450. The molecule has 1 saturated carbocycles. The van der Waals surface area contributed by atoms with Crippen LogP contribution in [-0.4, -0.2) is 12.4 Å². The number of fused-ring (bicyclic) bond motifs is 20. The van der Waals surface area contributed by atoms with Crippen molar-refractivity contribution in [2.45, 2.75) is 75.2 Å². The smallest absolute Gasteiger partial charge is 0.328 e. The van der Waals surface area contributed by atoms with Gasteiger partial charge >= 0.3 is 6.85 Å². The third-order valence-corrected chi connectivity index (χ3v) is 16.6. The first kappa shape index (κ1) is 31.3. The number of benzene rings is 7. The summed E-state index contributed by atoms with van der Waals surface area (Å²) in [5.74, 6) is 0. The first-order valence-corrected chi connectivity index (χ1v) is 21.3. The Kier molecular flexibility index (Phi) is 5.40. The van der Waals surface area contributed by atoms with Crippen molar-refractivity contribution in [2.24, 2.45) is 0 Å². The van der Waals surface area contributed by atoms with Gasteiger partial charge in [-0.2, -0.15) is 0 Å². The summed E-state index contributed by atoms with van der Waals surface area (Å²) in [5.41, 5.74) is 26.3. The molecule has 1 fully saturated rings. The number of rotatable bonds is 0. The Balaban J connectivity index is 1.20. The topological polar surface area (TPSA) is 6.48 Å². The molecule has 3 heteroatoms. The molecule has 0 aromatic heterocycles. The standard InChI is InChI=1S/C54H43BN2/c1-51(2)38-21-8-5-19-34(38)36-31-37-35-20-15-25-42-48(35)57(53(4)30-14-13-29-52(42,53)3)55-44-27-16-26-43-49(44)56(50(46(36)51)47(37)55)45-28-12-11-24-41(45)54(43)39-22-9-6-17-32(39)33-18-7-10-23-40(33)54/h5-12,15-28,31H,13-14,29-30H2,1-4H3. The zero-order valence-electron chi connectivity index (χ0n) is 33.1. The first-order valence-electron chi connectivity index (χ1n) is 21.3. The van der Waals surface area contributed by atoms with Gasteiger partial charge in [-0.1, -0.05) is 161 Å². The summed E-state index contributed by atoms with van der Waals surface area (Å²) in [6.07, 6.45) is 4.99. The molecule has 4 aliphatic heterocycles. The van der Waals surface area contributed by atoms with Crippen LogP contribution in [0.25, 0.3) is 33.4 Å². The van der Waals surface area contributed by atoms with Crippen LogP contribution in [0.4, 0.5) is 22.7 Å². The largest absolute Gasteiger partial charge is 0.400 e. The molecule has 7 aromatic carbocycles. The summed E-state index contributed by atoms with van der Waals surface area (Å²) in [6.45, 7) is 10.3. The van der Waals surface area contributed by atoms with Crippen molar-refractivity contribution in [1.29, 1.82) is 0 Å². The number of para-hydroxylation sites is 3. The van der Waals surface area contributed by atoms with Gasteiger partial charge in [-0.05, 0) is 110 Å². The molecular formula is C54H43BN2. The van der Waals surface area contributed by atoms with Gasteiger partial charge in [-0.15, -0.1) is 0 Å².